The van der Waals surface area contributed by atoms with Gasteiger partial charge in [0.15, 0.2) is 0 Å². The van der Waals surface area contributed by atoms with Crippen molar-refractivity contribution in [3.05, 3.63) is 42.3 Å². The number of carbonyl (C=O) groups is 1. The number of aromatic nitrogens is 1. The summed E-state index contributed by atoms with van der Waals surface area (Å²) in [5.41, 5.74) is 5.47. The molecule has 18 radical (unpaired) electrons. The number of nitrogens with zero attached hydrogens (tertiary/aromatic N) is 1. The Kier molecular flexibility index (Phi) is 12.4. The van der Waals surface area contributed by atoms with E-state index in [0.717, 1.165) is 12.8 Å². The molecule has 1 saturated carbocycles. The Labute approximate surface area is 233 Å². The van der Waals surface area contributed by atoms with Crippen molar-refractivity contribution >= 4 is 132 Å². The first kappa shape index (κ1) is 31.6. The molecule has 5 nitrogen and oxygen atoms in total. The van der Waals surface area contributed by atoms with E-state index in [1.54, 1.807) is 18.2 Å². The number of ether oxygens (including phenoxy) is 1. The van der Waals surface area contributed by atoms with E-state index in [2.05, 4.69) is 10.3 Å². The average molecular weight is 460 g/mol. The van der Waals surface area contributed by atoms with Crippen molar-refractivity contribution in [1.29, 1.82) is 0 Å². The second-order valence-electron chi connectivity index (χ2n) is 8.97. The normalized spacial score (nSPS) is 11.7. The molecule has 37 heavy (non-hydrogen) atoms. The highest BCUT2D eigenvalue weighted by molar-refractivity contribution is 8.13. The maximum Gasteiger partial charge on any atom is 0.228 e. The number of rotatable bonds is 10. The van der Waals surface area contributed by atoms with Crippen molar-refractivity contribution in [2.75, 3.05) is 11.1 Å². The molecule has 156 valence electrons. The molecule has 0 saturated heterocycles. The maximum absolute atomic E-state index is 13.4. The lowest BCUT2D eigenvalue weighted by atomic mass is 8.44. The van der Waals surface area contributed by atoms with Crippen LogP contribution in [-0.4, -0.2) is 125 Å². The van der Waals surface area contributed by atoms with Crippen molar-refractivity contribution in [1.82, 2.24) is 4.98 Å². The van der Waals surface area contributed by atoms with Gasteiger partial charge in [-0.25, -0.2) is 9.37 Å². The van der Waals surface area contributed by atoms with Gasteiger partial charge in [-0.2, -0.15) is 0 Å². The second-order valence-corrected chi connectivity index (χ2v) is 8.97. The Hall–Kier alpha value is -1.59. The van der Waals surface area contributed by atoms with Crippen LogP contribution in [0.2, 0.25) is 0 Å². The van der Waals surface area contributed by atoms with Crippen molar-refractivity contribution in [3.63, 3.8) is 0 Å². The van der Waals surface area contributed by atoms with Gasteiger partial charge < -0.3 is 15.8 Å². The number of carbonyl (C=O) groups excluding carboxylic acids is 1. The number of amides is 1. The van der Waals surface area contributed by atoms with Gasteiger partial charge in [0.05, 0.1) is 5.69 Å². The van der Waals surface area contributed by atoms with Crippen LogP contribution < -0.4 is 15.8 Å². The first-order chi connectivity index (χ1) is 17.3. The standard InChI is InChI=1S/C15H14FN3O2.B16/c16-12-7-10(3-4-13(12)17)21-11-5-6-18-14(8-11)19-15(20)9-1-2-9;1-10(2)14(9)16(13(7)8)15(11(3)4)12(5)6/h3-9H,1-2,17H2,(H,18,19,20);. The molecule has 1 aromatic carbocycles. The van der Waals surface area contributed by atoms with Crippen molar-refractivity contribution < 1.29 is 13.9 Å². The van der Waals surface area contributed by atoms with Crippen LogP contribution >= 0.6 is 0 Å². The molecule has 3 rings (SSSR count). The van der Waals surface area contributed by atoms with Crippen molar-refractivity contribution in [3.8, 4) is 11.5 Å². The minimum Gasteiger partial charge on any atom is -0.457 e. The summed E-state index contributed by atoms with van der Waals surface area (Å²) in [4.78, 5) is 15.7. The zero-order valence-electron chi connectivity index (χ0n) is 20.4. The molecule has 1 heterocycles. The van der Waals surface area contributed by atoms with Gasteiger partial charge in [-0.3, -0.25) is 4.79 Å². The largest absolute Gasteiger partial charge is 0.457 e. The van der Waals surface area contributed by atoms with Gasteiger partial charge in [0.1, 0.15) is 23.1 Å². The predicted molar refractivity (Wildman–Crippen MR) is 169 cm³/mol. The number of hydrogen-bond donors (Lipinski definition) is 2. The third-order valence-corrected chi connectivity index (χ3v) is 5.81. The molecule has 1 aromatic heterocycles. The van der Waals surface area contributed by atoms with E-state index in [-0.39, 0.29) is 17.5 Å². The SMILES string of the molecule is Nc1ccc(Oc2ccnc(NC(=O)C3CC3)c2)cc1F.[B]B([B])B([B])B(B([B])[B])B(B([B])[B])B([B])[B]. The first-order valence-electron chi connectivity index (χ1n) is 11.6. The Balaban J connectivity index is 0.000000273. The van der Waals surface area contributed by atoms with E-state index in [9.17, 15) is 9.18 Å². The lowest BCUT2D eigenvalue weighted by Crippen LogP contribution is -2.75. The van der Waals surface area contributed by atoms with Gasteiger partial charge >= 0.3 is 0 Å². The minimum absolute atomic E-state index is 0.0295. The molecule has 0 spiro atoms. The third kappa shape index (κ3) is 9.90. The van der Waals surface area contributed by atoms with Crippen molar-refractivity contribution in [2.45, 2.75) is 12.8 Å². The van der Waals surface area contributed by atoms with E-state index in [0.29, 0.717) is 17.3 Å². The quantitative estimate of drug-likeness (QED) is 0.290. The molecule has 0 atom stereocenters. The molecule has 1 aliphatic rings. The molecule has 2 aromatic rings. The highest BCUT2D eigenvalue weighted by Crippen LogP contribution is 2.30. The summed E-state index contributed by atoms with van der Waals surface area (Å²) in [7, 11) is 50.4. The predicted octanol–water partition coefficient (Wildman–Crippen LogP) is -3.15. The molecule has 1 aliphatic carbocycles. The fourth-order valence-corrected chi connectivity index (χ4v) is 3.62. The molecular weight excluding hydrogens is 446 g/mol. The van der Waals surface area contributed by atoms with Crippen LogP contribution in [0.15, 0.2) is 36.5 Å². The van der Waals surface area contributed by atoms with Gasteiger partial charge in [0, 0.05) is 139 Å². The van der Waals surface area contributed by atoms with Gasteiger partial charge in [-0.05, 0) is 31.0 Å². The van der Waals surface area contributed by atoms with Gasteiger partial charge in [-0.15, -0.1) is 0 Å². The molecule has 3 N–H and O–H groups in total. The number of hydrogen-bond acceptors (Lipinski definition) is 4. The zero-order chi connectivity index (χ0) is 27.9. The Morgan fingerprint density at radius 3 is 1.95 bits per heavy atom. The van der Waals surface area contributed by atoms with E-state index in [1.165, 1.54) is 18.3 Å². The lowest BCUT2D eigenvalue weighted by Gasteiger charge is -2.37. The van der Waals surface area contributed by atoms with Crippen LogP contribution in [0.3, 0.4) is 0 Å². The fourth-order valence-electron chi connectivity index (χ4n) is 3.62. The summed E-state index contributed by atoms with van der Waals surface area (Å²) in [5, 5.41) is 2.73. The van der Waals surface area contributed by atoms with Crippen molar-refractivity contribution in [2.24, 2.45) is 5.92 Å². The molecule has 0 aliphatic heterocycles. The number of nitrogens with one attached hydrogen (secondary N) is 1. The summed E-state index contributed by atoms with van der Waals surface area (Å²) in [6.07, 6.45) is -1.66. The molecular formula is C15H14B16FN3O2. The number of nitrogens with two attached hydrogens (primary N) is 1. The van der Waals surface area contributed by atoms with Crippen LogP contribution in [0.4, 0.5) is 15.9 Å². The van der Waals surface area contributed by atoms with E-state index in [4.69, 9.17) is 80.1 Å². The average Bonchev–Trinajstić information content (AvgIpc) is 3.65. The second kappa shape index (κ2) is 14.5. The number of anilines is 2. The highest BCUT2D eigenvalue weighted by atomic mass is 19.1. The number of pyridine rings is 1. The molecule has 22 heteroatoms. The lowest BCUT2D eigenvalue weighted by molar-refractivity contribution is -0.117. The summed E-state index contributed by atoms with van der Waals surface area (Å²) < 4.78 is 18.9. The molecule has 0 bridgehead atoms. The van der Waals surface area contributed by atoms with Gasteiger partial charge in [0.2, 0.25) is 5.91 Å². The molecule has 1 amide bonds. The van der Waals surface area contributed by atoms with E-state index >= 15 is 0 Å². The van der Waals surface area contributed by atoms with Crippen LogP contribution in [0.5, 0.6) is 11.5 Å². The van der Waals surface area contributed by atoms with E-state index < -0.39 is 50.5 Å². The summed E-state index contributed by atoms with van der Waals surface area (Å²) >= 11 is 0. The van der Waals surface area contributed by atoms with Gasteiger partial charge in [0.25, 0.3) is 0 Å². The van der Waals surface area contributed by atoms with Crippen LogP contribution in [0.25, 0.3) is 0 Å². The number of nitrogen functional groups attached to an aromatic ring is 1. The zero-order valence-corrected chi connectivity index (χ0v) is 20.4. The number of benzene rings is 1. The highest BCUT2D eigenvalue weighted by Gasteiger charge is 2.38. The van der Waals surface area contributed by atoms with Crippen LogP contribution in [-0.2, 0) is 4.79 Å². The van der Waals surface area contributed by atoms with E-state index in [1.807, 2.05) is 0 Å². The maximum atomic E-state index is 13.4. The van der Waals surface area contributed by atoms with Crippen LogP contribution in [0, 0.1) is 11.7 Å². The Bertz CT molecular complexity index is 1020. The molecule has 1 fully saturated rings. The smallest absolute Gasteiger partial charge is 0.228 e. The first-order valence-corrected chi connectivity index (χ1v) is 11.6. The monoisotopic (exact) mass is 463 g/mol. The minimum atomic E-state index is -0.807. The van der Waals surface area contributed by atoms with Crippen LogP contribution in [0.1, 0.15) is 12.8 Å². The number of halogens is 1. The summed E-state index contributed by atoms with van der Waals surface area (Å²) in [6, 6.07) is 7.43. The Morgan fingerprint density at radius 2 is 1.46 bits per heavy atom. The summed E-state index contributed by atoms with van der Waals surface area (Å²) in [5.74, 6) is 0.734. The fraction of sp³-hybridized carbons (Fsp3) is 0.200. The third-order valence-electron chi connectivity index (χ3n) is 5.81. The van der Waals surface area contributed by atoms with Gasteiger partial charge in [-0.1, -0.05) is 0 Å². The molecule has 0 unspecified atom stereocenters. The topological polar surface area (TPSA) is 77.2 Å². The Morgan fingerprint density at radius 1 is 0.892 bits per heavy atom. The summed E-state index contributed by atoms with van der Waals surface area (Å²) in [6.45, 7) is 0.